The largest absolute Gasteiger partial charge is 0.288 e. The molecule has 0 aliphatic rings. The highest BCUT2D eigenvalue weighted by molar-refractivity contribution is 14.1. The Morgan fingerprint density at radius 2 is 2.00 bits per heavy atom. The number of halogens is 1. The number of carbonyl (C=O) groups is 1. The van der Waals surface area contributed by atoms with Crippen LogP contribution in [0.4, 0.5) is 0 Å². The van der Waals surface area contributed by atoms with Gasteiger partial charge in [-0.25, -0.2) is 4.68 Å². The number of aromatic nitrogens is 2. The summed E-state index contributed by atoms with van der Waals surface area (Å²) in [5.74, 6) is 0.0151. The minimum atomic E-state index is 0.0151. The van der Waals surface area contributed by atoms with Crippen LogP contribution in [0.2, 0.25) is 0 Å². The molecule has 0 spiro atoms. The van der Waals surface area contributed by atoms with Gasteiger partial charge in [-0.05, 0) is 40.8 Å². The first kappa shape index (κ1) is 12.6. The molecule has 2 heterocycles. The Bertz CT molecular complexity index is 718. The highest BCUT2D eigenvalue weighted by Crippen LogP contribution is 2.19. The number of para-hydroxylation sites is 1. The zero-order chi connectivity index (χ0) is 13.2. The van der Waals surface area contributed by atoms with Gasteiger partial charge in [-0.2, -0.15) is 5.10 Å². The van der Waals surface area contributed by atoms with Crippen molar-refractivity contribution in [3.8, 4) is 5.69 Å². The number of carbonyl (C=O) groups excluding carboxylic acids is 1. The molecular formula is C14H9IN2OS. The van der Waals surface area contributed by atoms with Crippen molar-refractivity contribution in [2.45, 2.75) is 0 Å². The molecule has 0 amide bonds. The molecule has 0 bridgehead atoms. The molecule has 0 saturated carbocycles. The molecule has 0 aliphatic heterocycles. The molecule has 0 saturated heterocycles. The first-order chi connectivity index (χ1) is 9.24. The van der Waals surface area contributed by atoms with Crippen LogP contribution in [0.15, 0.2) is 54.2 Å². The molecule has 94 valence electrons. The molecule has 0 radical (unpaired) electrons. The van der Waals surface area contributed by atoms with E-state index in [-0.39, 0.29) is 5.78 Å². The van der Waals surface area contributed by atoms with Crippen molar-refractivity contribution < 1.29 is 4.79 Å². The second-order valence-electron chi connectivity index (χ2n) is 3.98. The lowest BCUT2D eigenvalue weighted by Gasteiger charge is -1.98. The van der Waals surface area contributed by atoms with Crippen molar-refractivity contribution in [2.24, 2.45) is 0 Å². The highest BCUT2D eigenvalue weighted by atomic mass is 127. The van der Waals surface area contributed by atoms with Crippen LogP contribution in [0.1, 0.15) is 15.9 Å². The van der Waals surface area contributed by atoms with E-state index < -0.39 is 0 Å². The van der Waals surface area contributed by atoms with E-state index in [0.717, 1.165) is 14.1 Å². The Morgan fingerprint density at radius 1 is 1.21 bits per heavy atom. The van der Waals surface area contributed by atoms with Crippen molar-refractivity contribution in [1.29, 1.82) is 0 Å². The third-order valence-electron chi connectivity index (χ3n) is 2.70. The summed E-state index contributed by atoms with van der Waals surface area (Å²) in [4.78, 5) is 12.3. The molecule has 3 nitrogen and oxygen atoms in total. The number of rotatable bonds is 3. The molecule has 0 N–H and O–H groups in total. The second-order valence-corrected chi connectivity index (χ2v) is 6.78. The number of hydrogen-bond donors (Lipinski definition) is 0. The maximum absolute atomic E-state index is 12.3. The van der Waals surface area contributed by atoms with Gasteiger partial charge in [0.1, 0.15) is 0 Å². The zero-order valence-corrected chi connectivity index (χ0v) is 12.8. The van der Waals surface area contributed by atoms with Gasteiger partial charge >= 0.3 is 0 Å². The maximum Gasteiger partial charge on any atom is 0.197 e. The van der Waals surface area contributed by atoms with E-state index in [9.17, 15) is 4.79 Å². The molecule has 1 aromatic carbocycles. The van der Waals surface area contributed by atoms with E-state index in [1.54, 1.807) is 28.4 Å². The lowest BCUT2D eigenvalue weighted by atomic mass is 10.1. The van der Waals surface area contributed by atoms with Gasteiger partial charge in [-0.15, -0.1) is 11.3 Å². The summed E-state index contributed by atoms with van der Waals surface area (Å²) in [5, 5.41) is 6.12. The van der Waals surface area contributed by atoms with Gasteiger partial charge in [0.25, 0.3) is 0 Å². The van der Waals surface area contributed by atoms with Crippen LogP contribution in [0.3, 0.4) is 0 Å². The monoisotopic (exact) mass is 380 g/mol. The topological polar surface area (TPSA) is 34.9 Å². The lowest BCUT2D eigenvalue weighted by Crippen LogP contribution is -1.98. The first-order valence-electron chi connectivity index (χ1n) is 5.63. The van der Waals surface area contributed by atoms with Crippen molar-refractivity contribution in [1.82, 2.24) is 9.78 Å². The van der Waals surface area contributed by atoms with E-state index in [4.69, 9.17) is 0 Å². The third kappa shape index (κ3) is 2.62. The SMILES string of the molecule is O=C(c1csc(I)c1)c1cnn(-c2ccccc2)c1. The van der Waals surface area contributed by atoms with Gasteiger partial charge in [0.2, 0.25) is 0 Å². The van der Waals surface area contributed by atoms with Gasteiger partial charge in [0, 0.05) is 17.1 Å². The third-order valence-corrected chi connectivity index (χ3v) is 4.48. The standard InChI is InChI=1S/C14H9IN2OS/c15-13-6-10(9-19-13)14(18)11-7-16-17(8-11)12-4-2-1-3-5-12/h1-9H. The molecule has 0 aliphatic carbocycles. The van der Waals surface area contributed by atoms with Gasteiger partial charge in [-0.3, -0.25) is 4.79 Å². The van der Waals surface area contributed by atoms with Gasteiger partial charge in [0.15, 0.2) is 5.78 Å². The predicted octanol–water partition coefficient (Wildman–Crippen LogP) is 3.77. The van der Waals surface area contributed by atoms with E-state index >= 15 is 0 Å². The first-order valence-corrected chi connectivity index (χ1v) is 7.59. The fraction of sp³-hybridized carbons (Fsp3) is 0. The Hall–Kier alpha value is -1.47. The van der Waals surface area contributed by atoms with Crippen LogP contribution in [-0.4, -0.2) is 15.6 Å². The minimum absolute atomic E-state index is 0.0151. The fourth-order valence-corrected chi connectivity index (χ4v) is 3.08. The van der Waals surface area contributed by atoms with Gasteiger partial charge < -0.3 is 0 Å². The lowest BCUT2D eigenvalue weighted by molar-refractivity contribution is 0.103. The molecule has 0 unspecified atom stereocenters. The van der Waals surface area contributed by atoms with Gasteiger partial charge in [0.05, 0.1) is 20.3 Å². The zero-order valence-electron chi connectivity index (χ0n) is 9.79. The van der Waals surface area contributed by atoms with Crippen LogP contribution < -0.4 is 0 Å². The van der Waals surface area contributed by atoms with Crippen molar-refractivity contribution >= 4 is 39.7 Å². The average molecular weight is 380 g/mol. The normalized spacial score (nSPS) is 10.6. The van der Waals surface area contributed by atoms with E-state index in [1.807, 2.05) is 41.8 Å². The highest BCUT2D eigenvalue weighted by Gasteiger charge is 2.13. The van der Waals surface area contributed by atoms with E-state index in [1.165, 1.54) is 0 Å². The smallest absolute Gasteiger partial charge is 0.197 e. The Kier molecular flexibility index (Phi) is 3.48. The summed E-state index contributed by atoms with van der Waals surface area (Å²) < 4.78 is 2.82. The average Bonchev–Trinajstić information content (AvgIpc) is 3.08. The summed E-state index contributed by atoms with van der Waals surface area (Å²) in [5.41, 5.74) is 2.28. The number of benzene rings is 1. The van der Waals surface area contributed by atoms with E-state index in [2.05, 4.69) is 27.7 Å². The van der Waals surface area contributed by atoms with Crippen molar-refractivity contribution in [3.05, 3.63) is 68.2 Å². The molecule has 0 fully saturated rings. The maximum atomic E-state index is 12.3. The van der Waals surface area contributed by atoms with Gasteiger partial charge in [-0.1, -0.05) is 18.2 Å². The molecular weight excluding hydrogens is 371 g/mol. The van der Waals surface area contributed by atoms with Crippen LogP contribution in [0.5, 0.6) is 0 Å². The van der Waals surface area contributed by atoms with Crippen LogP contribution in [0, 0.1) is 2.88 Å². The molecule has 0 atom stereocenters. The summed E-state index contributed by atoms with van der Waals surface area (Å²) in [6, 6.07) is 11.6. The van der Waals surface area contributed by atoms with Crippen LogP contribution in [0.25, 0.3) is 5.69 Å². The Morgan fingerprint density at radius 3 is 2.68 bits per heavy atom. The van der Waals surface area contributed by atoms with Crippen molar-refractivity contribution in [2.75, 3.05) is 0 Å². The molecule has 5 heteroatoms. The van der Waals surface area contributed by atoms with Crippen LogP contribution in [-0.2, 0) is 0 Å². The Balaban J connectivity index is 1.92. The number of nitrogens with zero attached hydrogens (tertiary/aromatic N) is 2. The van der Waals surface area contributed by atoms with Crippen molar-refractivity contribution in [3.63, 3.8) is 0 Å². The number of ketones is 1. The second kappa shape index (κ2) is 5.26. The summed E-state index contributed by atoms with van der Waals surface area (Å²) >= 11 is 3.78. The summed E-state index contributed by atoms with van der Waals surface area (Å²) in [7, 11) is 0. The van der Waals surface area contributed by atoms with Crippen LogP contribution >= 0.6 is 33.9 Å². The Labute approximate surface area is 128 Å². The molecule has 2 aromatic heterocycles. The summed E-state index contributed by atoms with van der Waals surface area (Å²) in [6.07, 6.45) is 3.38. The fourth-order valence-electron chi connectivity index (χ4n) is 1.76. The summed E-state index contributed by atoms with van der Waals surface area (Å²) in [6.45, 7) is 0. The molecule has 3 aromatic rings. The minimum Gasteiger partial charge on any atom is -0.288 e. The molecule has 3 rings (SSSR count). The number of hydrogen-bond acceptors (Lipinski definition) is 3. The quantitative estimate of drug-likeness (QED) is 0.512. The molecule has 19 heavy (non-hydrogen) atoms. The number of thiophene rings is 1. The van der Waals surface area contributed by atoms with E-state index in [0.29, 0.717) is 5.56 Å². The predicted molar refractivity (Wildman–Crippen MR) is 84.0 cm³/mol.